The summed E-state index contributed by atoms with van der Waals surface area (Å²) in [5, 5.41) is 0. The first-order valence-electron chi connectivity index (χ1n) is 11.1. The zero-order chi connectivity index (χ0) is 20.9. The molecule has 2 bridgehead atoms. The number of amides is 2. The van der Waals surface area contributed by atoms with Crippen LogP contribution in [0.4, 0.5) is 0 Å². The molecular formula is C23H29N3O4. The van der Waals surface area contributed by atoms with E-state index in [0.29, 0.717) is 31.3 Å². The lowest BCUT2D eigenvalue weighted by atomic mass is 9.76. The molecule has 1 aromatic rings. The van der Waals surface area contributed by atoms with Crippen LogP contribution < -0.4 is 4.74 Å². The highest BCUT2D eigenvalue weighted by atomic mass is 16.5. The predicted molar refractivity (Wildman–Crippen MR) is 110 cm³/mol. The van der Waals surface area contributed by atoms with Crippen LogP contribution in [0.15, 0.2) is 36.7 Å². The summed E-state index contributed by atoms with van der Waals surface area (Å²) in [6.45, 7) is 6.71. The van der Waals surface area contributed by atoms with E-state index in [1.807, 2.05) is 29.2 Å². The molecule has 4 aliphatic heterocycles. The fourth-order valence-corrected chi connectivity index (χ4v) is 5.39. The molecule has 5 heterocycles. The largest absolute Gasteiger partial charge is 0.485 e. The Morgan fingerprint density at radius 3 is 2.87 bits per heavy atom. The molecule has 0 aromatic carbocycles. The SMILES string of the molecule is CCC(CC)CN1C[C@]23C=C[C@H](O2)[C@H](C(=O)N2CC(Oc4cccnc4)C2)[C@@H]3C1=O. The first-order chi connectivity index (χ1) is 14.5. The van der Waals surface area contributed by atoms with Crippen LogP contribution in [0.1, 0.15) is 26.7 Å². The second kappa shape index (κ2) is 7.38. The summed E-state index contributed by atoms with van der Waals surface area (Å²) in [5.74, 6) is 0.472. The lowest BCUT2D eigenvalue weighted by molar-refractivity contribution is -0.150. The van der Waals surface area contributed by atoms with Crippen LogP contribution in [0.5, 0.6) is 5.75 Å². The first-order valence-corrected chi connectivity index (χ1v) is 11.1. The lowest BCUT2D eigenvalue weighted by Gasteiger charge is -2.41. The Morgan fingerprint density at radius 2 is 2.17 bits per heavy atom. The number of fused-ring (bicyclic) bond motifs is 1. The van der Waals surface area contributed by atoms with Crippen LogP contribution in [-0.2, 0) is 14.3 Å². The quantitative estimate of drug-likeness (QED) is 0.641. The minimum atomic E-state index is -0.620. The van der Waals surface area contributed by atoms with E-state index < -0.39 is 17.4 Å². The van der Waals surface area contributed by atoms with Crippen molar-refractivity contribution in [3.05, 3.63) is 36.7 Å². The zero-order valence-corrected chi connectivity index (χ0v) is 17.6. The Balaban J connectivity index is 1.25. The molecule has 1 aromatic heterocycles. The summed E-state index contributed by atoms with van der Waals surface area (Å²) >= 11 is 0. The number of likely N-dealkylation sites (tertiary alicyclic amines) is 2. The van der Waals surface area contributed by atoms with E-state index in [1.165, 1.54) is 0 Å². The summed E-state index contributed by atoms with van der Waals surface area (Å²) in [7, 11) is 0. The number of nitrogens with zero attached hydrogens (tertiary/aromatic N) is 3. The molecule has 0 saturated carbocycles. The summed E-state index contributed by atoms with van der Waals surface area (Å²) in [4.78, 5) is 34.4. The number of carbonyl (C=O) groups excluding carboxylic acids is 2. The Hall–Kier alpha value is -2.41. The topological polar surface area (TPSA) is 72.0 Å². The zero-order valence-electron chi connectivity index (χ0n) is 17.6. The minimum absolute atomic E-state index is 0.0139. The average Bonchev–Trinajstić information content (AvgIpc) is 3.37. The smallest absolute Gasteiger partial charge is 0.230 e. The molecule has 0 aliphatic carbocycles. The van der Waals surface area contributed by atoms with Crippen LogP contribution in [0.25, 0.3) is 0 Å². The maximum Gasteiger partial charge on any atom is 0.230 e. The van der Waals surface area contributed by atoms with Gasteiger partial charge in [-0.2, -0.15) is 0 Å². The van der Waals surface area contributed by atoms with Crippen molar-refractivity contribution in [1.82, 2.24) is 14.8 Å². The second-order valence-corrected chi connectivity index (χ2v) is 8.97. The third-order valence-electron chi connectivity index (χ3n) is 7.19. The highest BCUT2D eigenvalue weighted by molar-refractivity contribution is 5.93. The normalized spacial score (nSPS) is 32.1. The summed E-state index contributed by atoms with van der Waals surface area (Å²) in [6, 6.07) is 3.69. The van der Waals surface area contributed by atoms with Crippen molar-refractivity contribution in [2.45, 2.75) is 44.5 Å². The van der Waals surface area contributed by atoms with Crippen molar-refractivity contribution >= 4 is 11.8 Å². The molecule has 5 rings (SSSR count). The van der Waals surface area contributed by atoms with E-state index in [2.05, 4.69) is 18.8 Å². The monoisotopic (exact) mass is 411 g/mol. The van der Waals surface area contributed by atoms with Crippen molar-refractivity contribution in [2.24, 2.45) is 17.8 Å². The molecule has 7 heteroatoms. The van der Waals surface area contributed by atoms with Gasteiger partial charge in [0.1, 0.15) is 17.5 Å². The molecule has 2 amide bonds. The standard InChI is InChI=1S/C23H29N3O4/c1-3-15(4-2)11-26-14-23-8-7-18(30-23)19(20(23)22(26)28)21(27)25-12-17(13-25)29-16-6-5-9-24-10-16/h5-10,15,17-20H,3-4,11-14H2,1-2H3/t18-,19-,20+,23-/m0/s1. The van der Waals surface area contributed by atoms with Gasteiger partial charge in [0.25, 0.3) is 0 Å². The maximum atomic E-state index is 13.3. The number of hydrogen-bond acceptors (Lipinski definition) is 5. The molecule has 0 unspecified atom stereocenters. The summed E-state index contributed by atoms with van der Waals surface area (Å²) in [5.41, 5.74) is -0.620. The van der Waals surface area contributed by atoms with Crippen LogP contribution in [0.3, 0.4) is 0 Å². The lowest BCUT2D eigenvalue weighted by Crippen LogP contribution is -2.59. The van der Waals surface area contributed by atoms with Gasteiger partial charge in [-0.25, -0.2) is 0 Å². The molecule has 0 N–H and O–H groups in total. The highest BCUT2D eigenvalue weighted by Gasteiger charge is 2.67. The number of pyridine rings is 1. The van der Waals surface area contributed by atoms with Crippen molar-refractivity contribution < 1.29 is 19.1 Å². The molecule has 4 aliphatic rings. The molecular weight excluding hydrogens is 382 g/mol. The van der Waals surface area contributed by atoms with Gasteiger partial charge in [0.2, 0.25) is 11.8 Å². The third kappa shape index (κ3) is 3.02. The number of aromatic nitrogens is 1. The van der Waals surface area contributed by atoms with Gasteiger partial charge in [-0.15, -0.1) is 0 Å². The van der Waals surface area contributed by atoms with E-state index in [1.54, 1.807) is 17.3 Å². The van der Waals surface area contributed by atoms with Gasteiger partial charge in [0, 0.05) is 12.7 Å². The van der Waals surface area contributed by atoms with Gasteiger partial charge < -0.3 is 19.3 Å². The Labute approximate surface area is 177 Å². The van der Waals surface area contributed by atoms with Crippen LogP contribution in [0.2, 0.25) is 0 Å². The molecule has 7 nitrogen and oxygen atoms in total. The van der Waals surface area contributed by atoms with Crippen molar-refractivity contribution in [3.8, 4) is 5.75 Å². The third-order valence-corrected chi connectivity index (χ3v) is 7.19. The van der Waals surface area contributed by atoms with E-state index in [9.17, 15) is 9.59 Å². The molecule has 4 atom stereocenters. The number of hydrogen-bond donors (Lipinski definition) is 0. The molecule has 3 saturated heterocycles. The molecule has 30 heavy (non-hydrogen) atoms. The van der Waals surface area contributed by atoms with Crippen LogP contribution in [-0.4, -0.2) is 70.6 Å². The van der Waals surface area contributed by atoms with Gasteiger partial charge in [-0.05, 0) is 18.1 Å². The Bertz CT molecular complexity index is 849. The summed E-state index contributed by atoms with van der Waals surface area (Å²) < 4.78 is 12.1. The molecule has 160 valence electrons. The maximum absolute atomic E-state index is 13.3. The molecule has 3 fully saturated rings. The Kier molecular flexibility index (Phi) is 4.81. The van der Waals surface area contributed by atoms with E-state index >= 15 is 0 Å². The minimum Gasteiger partial charge on any atom is -0.485 e. The number of carbonyl (C=O) groups is 2. The van der Waals surface area contributed by atoms with E-state index in [4.69, 9.17) is 9.47 Å². The van der Waals surface area contributed by atoms with Gasteiger partial charge in [0.15, 0.2) is 0 Å². The van der Waals surface area contributed by atoms with Crippen molar-refractivity contribution in [3.63, 3.8) is 0 Å². The second-order valence-electron chi connectivity index (χ2n) is 8.97. The average molecular weight is 412 g/mol. The van der Waals surface area contributed by atoms with Gasteiger partial charge in [0.05, 0.1) is 43.8 Å². The fraction of sp³-hybridized carbons (Fsp3) is 0.609. The fourth-order valence-electron chi connectivity index (χ4n) is 5.39. The van der Waals surface area contributed by atoms with Gasteiger partial charge in [-0.1, -0.05) is 38.8 Å². The summed E-state index contributed by atoms with van der Waals surface area (Å²) in [6.07, 6.45) is 9.16. The van der Waals surface area contributed by atoms with Crippen LogP contribution in [0, 0.1) is 17.8 Å². The predicted octanol–water partition coefficient (Wildman–Crippen LogP) is 1.89. The number of ether oxygens (including phenoxy) is 2. The highest BCUT2D eigenvalue weighted by Crippen LogP contribution is 2.52. The van der Waals surface area contributed by atoms with Crippen molar-refractivity contribution in [2.75, 3.05) is 26.2 Å². The van der Waals surface area contributed by atoms with Gasteiger partial charge in [-0.3, -0.25) is 14.6 Å². The van der Waals surface area contributed by atoms with E-state index in [0.717, 1.165) is 19.4 Å². The molecule has 1 spiro atoms. The van der Waals surface area contributed by atoms with Gasteiger partial charge >= 0.3 is 0 Å². The first kappa shape index (κ1) is 19.5. The van der Waals surface area contributed by atoms with Crippen LogP contribution >= 0.6 is 0 Å². The van der Waals surface area contributed by atoms with E-state index in [-0.39, 0.29) is 24.0 Å². The van der Waals surface area contributed by atoms with Crippen molar-refractivity contribution in [1.29, 1.82) is 0 Å². The molecule has 0 radical (unpaired) electrons. The number of rotatable bonds is 7. The Morgan fingerprint density at radius 1 is 1.37 bits per heavy atom.